The lowest BCUT2D eigenvalue weighted by molar-refractivity contribution is -0.870. The van der Waals surface area contributed by atoms with Crippen molar-refractivity contribution < 1.29 is 42.1 Å². The maximum atomic E-state index is 12.8. The lowest BCUT2D eigenvalue weighted by atomic mass is 10.0. The van der Waals surface area contributed by atoms with E-state index >= 15 is 0 Å². The highest BCUT2D eigenvalue weighted by Crippen LogP contribution is 2.43. The van der Waals surface area contributed by atoms with Crippen molar-refractivity contribution in [3.05, 3.63) is 109 Å². The minimum absolute atomic E-state index is 0.0222. The molecule has 10 heteroatoms. The predicted molar refractivity (Wildman–Crippen MR) is 307 cm³/mol. The Morgan fingerprint density at radius 2 is 0.750 bits per heavy atom. The molecule has 2 atom stereocenters. The molecule has 0 bridgehead atoms. The number of likely N-dealkylation sites (N-methyl/N-ethyl adjacent to an activating group) is 1. The van der Waals surface area contributed by atoms with E-state index in [-0.39, 0.29) is 32.0 Å². The van der Waals surface area contributed by atoms with E-state index < -0.39 is 26.5 Å². The van der Waals surface area contributed by atoms with Gasteiger partial charge in [-0.2, -0.15) is 0 Å². The highest BCUT2D eigenvalue weighted by Gasteiger charge is 2.27. The standard InChI is InChI=1S/C62H106NO8P/c1-6-8-10-12-14-16-18-20-22-24-26-28-29-30-31-32-33-35-36-38-40-42-44-46-48-50-52-54-61(64)68-58-60(59-70-72(66,67)69-57-56-63(3,4)5)71-62(65)55-53-51-49-47-45-43-41-39-37-34-27-25-23-21-19-17-15-13-11-9-7-2/h8-11,14-17,20-23,26-28,34,39,41,60H,6-7,12-13,18-19,24-25,29-33,35-38,40,42-59H2,1-5H3/p+1/b10-8-,11-9-,16-14-,17-15-,22-20-,23-21-,28-26-,34-27-,41-39-. The number of phosphoric acid groups is 1. The Balaban J connectivity index is 4.20. The van der Waals surface area contributed by atoms with Gasteiger partial charge in [0.1, 0.15) is 19.8 Å². The summed E-state index contributed by atoms with van der Waals surface area (Å²) in [7, 11) is 1.45. The summed E-state index contributed by atoms with van der Waals surface area (Å²) in [5, 5.41) is 0. The molecular formula is C62H107NO8P+. The Bertz CT molecular complexity index is 1580. The zero-order valence-corrected chi connectivity index (χ0v) is 47.5. The van der Waals surface area contributed by atoms with Crippen LogP contribution in [0.5, 0.6) is 0 Å². The first-order chi connectivity index (χ1) is 35.0. The van der Waals surface area contributed by atoms with Crippen LogP contribution in [-0.2, 0) is 32.7 Å². The molecule has 0 heterocycles. The average Bonchev–Trinajstić information content (AvgIpc) is 3.34. The highest BCUT2D eigenvalue weighted by atomic mass is 31.2. The predicted octanol–water partition coefficient (Wildman–Crippen LogP) is 17.8. The number of hydrogen-bond donors (Lipinski definition) is 1. The van der Waals surface area contributed by atoms with E-state index in [1.165, 1.54) is 77.0 Å². The molecule has 0 saturated carbocycles. The minimum atomic E-state index is -4.40. The summed E-state index contributed by atoms with van der Waals surface area (Å²) in [6, 6.07) is 0. The average molecular weight is 1030 g/mol. The minimum Gasteiger partial charge on any atom is -0.462 e. The van der Waals surface area contributed by atoms with Crippen molar-refractivity contribution in [2.24, 2.45) is 0 Å². The van der Waals surface area contributed by atoms with Crippen LogP contribution in [0.25, 0.3) is 0 Å². The molecule has 0 aliphatic rings. The van der Waals surface area contributed by atoms with Gasteiger partial charge in [0.05, 0.1) is 27.7 Å². The first-order valence-corrected chi connectivity index (χ1v) is 30.1. The molecule has 0 amide bonds. The number of rotatable bonds is 51. The van der Waals surface area contributed by atoms with Gasteiger partial charge in [-0.3, -0.25) is 18.6 Å². The smallest absolute Gasteiger partial charge is 0.462 e. The number of hydrogen-bond acceptors (Lipinski definition) is 7. The third kappa shape index (κ3) is 56.0. The first-order valence-electron chi connectivity index (χ1n) is 28.6. The lowest BCUT2D eigenvalue weighted by Crippen LogP contribution is -2.37. The van der Waals surface area contributed by atoms with Gasteiger partial charge >= 0.3 is 19.8 Å². The second kappa shape index (κ2) is 52.5. The summed E-state index contributed by atoms with van der Waals surface area (Å²) in [4.78, 5) is 35.7. The third-order valence-electron chi connectivity index (χ3n) is 11.8. The number of ether oxygens (including phenoxy) is 2. The molecule has 1 N–H and O–H groups in total. The van der Waals surface area contributed by atoms with Crippen LogP contribution in [0.1, 0.15) is 219 Å². The molecule has 2 unspecified atom stereocenters. The van der Waals surface area contributed by atoms with E-state index in [4.69, 9.17) is 18.5 Å². The van der Waals surface area contributed by atoms with Crippen molar-refractivity contribution in [2.45, 2.75) is 225 Å². The topological polar surface area (TPSA) is 108 Å². The second-order valence-corrected chi connectivity index (χ2v) is 21.4. The quantitative estimate of drug-likeness (QED) is 0.0211. The summed E-state index contributed by atoms with van der Waals surface area (Å²) in [5.74, 6) is -0.824. The SMILES string of the molecule is CC/C=C\C/C=C\C/C=C\C/C=C\C/C=C\CCCCCCCC(=O)OC(COC(=O)CCCCCCCCCCCCCCCC/C=C\C/C=C\C/C=C\C/C=C\CC)COP(=O)(O)OCC[N+](C)(C)C. The third-order valence-corrected chi connectivity index (χ3v) is 12.8. The Kier molecular flexibility index (Phi) is 50.1. The number of carbonyl (C=O) groups is 2. The number of esters is 2. The van der Waals surface area contributed by atoms with Crippen LogP contribution in [-0.4, -0.2) is 74.9 Å². The summed E-state index contributed by atoms with van der Waals surface area (Å²) in [6.07, 6.45) is 72.9. The van der Waals surface area contributed by atoms with Crippen molar-refractivity contribution in [2.75, 3.05) is 47.5 Å². The number of nitrogens with zero attached hydrogens (tertiary/aromatic N) is 1. The van der Waals surface area contributed by atoms with Crippen molar-refractivity contribution in [1.82, 2.24) is 0 Å². The fraction of sp³-hybridized carbons (Fsp3) is 0.677. The van der Waals surface area contributed by atoms with Gasteiger partial charge in [0.25, 0.3) is 0 Å². The fourth-order valence-electron chi connectivity index (χ4n) is 7.44. The zero-order valence-electron chi connectivity index (χ0n) is 46.6. The maximum Gasteiger partial charge on any atom is 0.472 e. The molecule has 0 saturated heterocycles. The molecule has 9 nitrogen and oxygen atoms in total. The van der Waals surface area contributed by atoms with E-state index in [1.54, 1.807) is 0 Å². The normalized spacial score (nSPS) is 14.1. The number of phosphoric ester groups is 1. The monoisotopic (exact) mass is 1020 g/mol. The van der Waals surface area contributed by atoms with Crippen LogP contribution in [0.15, 0.2) is 109 Å². The molecule has 412 valence electrons. The van der Waals surface area contributed by atoms with Crippen LogP contribution in [0.3, 0.4) is 0 Å². The fourth-order valence-corrected chi connectivity index (χ4v) is 8.19. The largest absolute Gasteiger partial charge is 0.472 e. The van der Waals surface area contributed by atoms with Gasteiger partial charge in [0.2, 0.25) is 0 Å². The molecule has 0 aliphatic heterocycles. The molecular weight excluding hydrogens is 918 g/mol. The van der Waals surface area contributed by atoms with Crippen molar-refractivity contribution in [3.8, 4) is 0 Å². The summed E-state index contributed by atoms with van der Waals surface area (Å²) in [6.45, 7) is 4.18. The van der Waals surface area contributed by atoms with Crippen molar-refractivity contribution >= 4 is 19.8 Å². The van der Waals surface area contributed by atoms with Gasteiger partial charge in [0, 0.05) is 12.8 Å². The van der Waals surface area contributed by atoms with Gasteiger partial charge < -0.3 is 18.9 Å². The molecule has 0 aliphatic carbocycles. The molecule has 0 fully saturated rings. The number of carbonyl (C=O) groups excluding carboxylic acids is 2. The van der Waals surface area contributed by atoms with Gasteiger partial charge in [-0.1, -0.05) is 220 Å². The summed E-state index contributed by atoms with van der Waals surface area (Å²) < 4.78 is 34.5. The Hall–Kier alpha value is -3.33. The summed E-state index contributed by atoms with van der Waals surface area (Å²) in [5.41, 5.74) is 0. The zero-order chi connectivity index (χ0) is 52.7. The van der Waals surface area contributed by atoms with Crippen LogP contribution in [0.4, 0.5) is 0 Å². The molecule has 0 aromatic carbocycles. The van der Waals surface area contributed by atoms with E-state index in [9.17, 15) is 19.0 Å². The van der Waals surface area contributed by atoms with Gasteiger partial charge in [-0.25, -0.2) is 4.57 Å². The van der Waals surface area contributed by atoms with Gasteiger partial charge in [-0.15, -0.1) is 0 Å². The Labute approximate surface area is 442 Å². The molecule has 0 aromatic rings. The van der Waals surface area contributed by atoms with Gasteiger partial charge in [-0.05, 0) is 96.3 Å². The highest BCUT2D eigenvalue weighted by molar-refractivity contribution is 7.47. The molecule has 0 spiro atoms. The molecule has 0 aromatic heterocycles. The first kappa shape index (κ1) is 68.7. The van der Waals surface area contributed by atoms with Crippen LogP contribution < -0.4 is 0 Å². The van der Waals surface area contributed by atoms with E-state index in [0.29, 0.717) is 17.4 Å². The Morgan fingerprint density at radius 1 is 0.431 bits per heavy atom. The molecule has 72 heavy (non-hydrogen) atoms. The van der Waals surface area contributed by atoms with E-state index in [1.807, 2.05) is 21.1 Å². The number of unbranched alkanes of at least 4 members (excludes halogenated alkanes) is 19. The lowest BCUT2D eigenvalue weighted by Gasteiger charge is -2.24. The summed E-state index contributed by atoms with van der Waals surface area (Å²) >= 11 is 0. The maximum absolute atomic E-state index is 12.8. The van der Waals surface area contributed by atoms with E-state index in [0.717, 1.165) is 109 Å². The van der Waals surface area contributed by atoms with Crippen LogP contribution in [0.2, 0.25) is 0 Å². The molecule has 0 rings (SSSR count). The second-order valence-electron chi connectivity index (χ2n) is 19.9. The Morgan fingerprint density at radius 3 is 1.11 bits per heavy atom. The van der Waals surface area contributed by atoms with Crippen molar-refractivity contribution in [1.29, 1.82) is 0 Å². The van der Waals surface area contributed by atoms with Crippen molar-refractivity contribution in [3.63, 3.8) is 0 Å². The van der Waals surface area contributed by atoms with Crippen LogP contribution in [0, 0.1) is 0 Å². The number of allylic oxidation sites excluding steroid dienone is 18. The molecule has 0 radical (unpaired) electrons. The van der Waals surface area contributed by atoms with Crippen LogP contribution >= 0.6 is 7.82 Å². The number of quaternary nitrogens is 1. The van der Waals surface area contributed by atoms with E-state index in [2.05, 4.69) is 123 Å². The van der Waals surface area contributed by atoms with Gasteiger partial charge in [0.15, 0.2) is 6.10 Å².